The molecule has 6 heteroatoms. The van der Waals surface area contributed by atoms with Gasteiger partial charge in [0.25, 0.3) is 0 Å². The molecule has 0 spiro atoms. The molecule has 0 bridgehead atoms. The van der Waals surface area contributed by atoms with Crippen molar-refractivity contribution in [3.8, 4) is 6.07 Å². The van der Waals surface area contributed by atoms with E-state index in [9.17, 15) is 4.79 Å². The standard InChI is InChI=1S/C22H20N4OS/c23-12-13-24-21(27)20(26-22(28)25-19-8-2-1-3-9-19)15-16-10-11-17-6-4-5-7-18(17)14-16/h1-11,14,20H,13,15H2,(H,24,27)(H2,25,26,28). The fourth-order valence-electron chi connectivity index (χ4n) is 2.91. The van der Waals surface area contributed by atoms with E-state index in [0.29, 0.717) is 11.5 Å². The SMILES string of the molecule is N#CCNC(=O)C(Cc1ccc2ccccc2c1)NC(=S)Nc1ccccc1. The van der Waals surface area contributed by atoms with Crippen LogP contribution in [0.4, 0.5) is 5.69 Å². The van der Waals surface area contributed by atoms with E-state index >= 15 is 0 Å². The summed E-state index contributed by atoms with van der Waals surface area (Å²) >= 11 is 5.37. The molecule has 1 amide bonds. The van der Waals surface area contributed by atoms with Crippen molar-refractivity contribution in [2.75, 3.05) is 11.9 Å². The average Bonchev–Trinajstić information content (AvgIpc) is 2.72. The predicted octanol–water partition coefficient (Wildman–Crippen LogP) is 3.38. The van der Waals surface area contributed by atoms with Gasteiger partial charge < -0.3 is 16.0 Å². The topological polar surface area (TPSA) is 77.0 Å². The molecule has 1 atom stereocenters. The molecule has 0 aliphatic rings. The molecule has 0 aliphatic carbocycles. The van der Waals surface area contributed by atoms with Crippen LogP contribution in [-0.2, 0) is 11.2 Å². The summed E-state index contributed by atoms with van der Waals surface area (Å²) in [6.45, 7) is -0.0480. The lowest BCUT2D eigenvalue weighted by molar-refractivity contribution is -0.122. The Morgan fingerprint density at radius 1 is 1.00 bits per heavy atom. The summed E-state index contributed by atoms with van der Waals surface area (Å²) in [5.74, 6) is -0.271. The van der Waals surface area contributed by atoms with Gasteiger partial charge in [-0.3, -0.25) is 4.79 Å². The van der Waals surface area contributed by atoms with E-state index in [1.165, 1.54) is 0 Å². The molecule has 3 rings (SSSR count). The number of nitriles is 1. The van der Waals surface area contributed by atoms with Crippen molar-refractivity contribution in [1.29, 1.82) is 5.26 Å². The second-order valence-corrected chi connectivity index (χ2v) is 6.69. The van der Waals surface area contributed by atoms with Crippen LogP contribution in [0.5, 0.6) is 0 Å². The van der Waals surface area contributed by atoms with Crippen LogP contribution in [0.2, 0.25) is 0 Å². The third kappa shape index (κ3) is 5.29. The number of fused-ring (bicyclic) bond motifs is 1. The maximum Gasteiger partial charge on any atom is 0.243 e. The van der Waals surface area contributed by atoms with Crippen molar-refractivity contribution >= 4 is 39.7 Å². The molecule has 0 heterocycles. The zero-order chi connectivity index (χ0) is 19.8. The number of hydrogen-bond donors (Lipinski definition) is 3. The monoisotopic (exact) mass is 388 g/mol. The van der Waals surface area contributed by atoms with Crippen LogP contribution in [-0.4, -0.2) is 23.6 Å². The maximum absolute atomic E-state index is 12.5. The number of nitrogens with zero attached hydrogens (tertiary/aromatic N) is 1. The first kappa shape index (κ1) is 19.3. The molecular formula is C22H20N4OS. The second-order valence-electron chi connectivity index (χ2n) is 6.28. The summed E-state index contributed by atoms with van der Waals surface area (Å²) in [6, 6.07) is 25.0. The zero-order valence-corrected chi connectivity index (χ0v) is 16.0. The minimum Gasteiger partial charge on any atom is -0.350 e. The lowest BCUT2D eigenvalue weighted by Crippen LogP contribution is -2.49. The Morgan fingerprint density at radius 3 is 2.46 bits per heavy atom. The zero-order valence-electron chi connectivity index (χ0n) is 15.2. The highest BCUT2D eigenvalue weighted by molar-refractivity contribution is 7.80. The van der Waals surface area contributed by atoms with Gasteiger partial charge in [-0.15, -0.1) is 0 Å². The lowest BCUT2D eigenvalue weighted by atomic mass is 10.0. The van der Waals surface area contributed by atoms with E-state index in [0.717, 1.165) is 22.0 Å². The van der Waals surface area contributed by atoms with Gasteiger partial charge in [-0.2, -0.15) is 5.26 Å². The molecule has 5 nitrogen and oxygen atoms in total. The molecule has 0 saturated heterocycles. The van der Waals surface area contributed by atoms with Crippen LogP contribution in [0.15, 0.2) is 72.8 Å². The summed E-state index contributed by atoms with van der Waals surface area (Å²) in [4.78, 5) is 12.5. The number of rotatable bonds is 6. The minimum atomic E-state index is -0.599. The molecule has 140 valence electrons. The van der Waals surface area contributed by atoms with Gasteiger partial charge in [0.05, 0.1) is 6.07 Å². The van der Waals surface area contributed by atoms with Crippen LogP contribution in [0, 0.1) is 11.3 Å². The molecule has 0 aromatic heterocycles. The normalized spacial score (nSPS) is 11.2. The maximum atomic E-state index is 12.5. The molecule has 1 unspecified atom stereocenters. The Hall–Kier alpha value is -3.43. The lowest BCUT2D eigenvalue weighted by Gasteiger charge is -2.20. The Morgan fingerprint density at radius 2 is 1.71 bits per heavy atom. The number of carbonyl (C=O) groups is 1. The van der Waals surface area contributed by atoms with Crippen LogP contribution < -0.4 is 16.0 Å². The van der Waals surface area contributed by atoms with Crippen LogP contribution in [0.3, 0.4) is 0 Å². The van der Waals surface area contributed by atoms with E-state index in [1.807, 2.05) is 72.8 Å². The number of benzene rings is 3. The van der Waals surface area contributed by atoms with Gasteiger partial charge in [-0.25, -0.2) is 0 Å². The summed E-state index contributed by atoms with van der Waals surface area (Å²) in [5.41, 5.74) is 1.84. The Labute approximate surface area is 169 Å². The second kappa shape index (κ2) is 9.49. The Bertz CT molecular complexity index is 1010. The van der Waals surface area contributed by atoms with Crippen molar-refractivity contribution in [2.45, 2.75) is 12.5 Å². The molecule has 3 aromatic rings. The predicted molar refractivity (Wildman–Crippen MR) is 116 cm³/mol. The molecule has 3 N–H and O–H groups in total. The van der Waals surface area contributed by atoms with Crippen molar-refractivity contribution in [2.24, 2.45) is 0 Å². The smallest absolute Gasteiger partial charge is 0.243 e. The molecule has 0 radical (unpaired) electrons. The number of para-hydroxylation sites is 1. The van der Waals surface area contributed by atoms with E-state index in [1.54, 1.807) is 0 Å². The van der Waals surface area contributed by atoms with E-state index in [-0.39, 0.29) is 12.5 Å². The van der Waals surface area contributed by atoms with Crippen LogP contribution in [0.1, 0.15) is 5.56 Å². The highest BCUT2D eigenvalue weighted by atomic mass is 32.1. The quantitative estimate of drug-likeness (QED) is 0.446. The summed E-state index contributed by atoms with van der Waals surface area (Å²) < 4.78 is 0. The Kier molecular flexibility index (Phi) is 6.55. The summed E-state index contributed by atoms with van der Waals surface area (Å²) in [6.07, 6.45) is 0.443. The van der Waals surface area contributed by atoms with Crippen molar-refractivity contribution in [1.82, 2.24) is 10.6 Å². The van der Waals surface area contributed by atoms with Crippen LogP contribution >= 0.6 is 12.2 Å². The van der Waals surface area contributed by atoms with E-state index in [2.05, 4.69) is 22.0 Å². The fraction of sp³-hybridized carbons (Fsp3) is 0.136. The fourth-order valence-corrected chi connectivity index (χ4v) is 3.17. The van der Waals surface area contributed by atoms with Gasteiger partial charge in [0.2, 0.25) is 5.91 Å². The van der Waals surface area contributed by atoms with Crippen LogP contribution in [0.25, 0.3) is 10.8 Å². The third-order valence-corrected chi connectivity index (χ3v) is 4.47. The Balaban J connectivity index is 1.74. The number of anilines is 1. The number of hydrogen-bond acceptors (Lipinski definition) is 3. The molecule has 0 fully saturated rings. The van der Waals surface area contributed by atoms with Gasteiger partial charge in [0.1, 0.15) is 12.6 Å². The highest BCUT2D eigenvalue weighted by Crippen LogP contribution is 2.17. The van der Waals surface area contributed by atoms with E-state index in [4.69, 9.17) is 17.5 Å². The van der Waals surface area contributed by atoms with Crippen molar-refractivity contribution in [3.05, 3.63) is 78.4 Å². The van der Waals surface area contributed by atoms with Crippen molar-refractivity contribution < 1.29 is 4.79 Å². The minimum absolute atomic E-state index is 0.0480. The van der Waals surface area contributed by atoms with Gasteiger partial charge in [-0.05, 0) is 40.7 Å². The van der Waals surface area contributed by atoms with Crippen molar-refractivity contribution in [3.63, 3.8) is 0 Å². The highest BCUT2D eigenvalue weighted by Gasteiger charge is 2.20. The number of carbonyl (C=O) groups excluding carboxylic acids is 1. The summed E-state index contributed by atoms with van der Waals surface area (Å²) in [5, 5.41) is 20.1. The third-order valence-electron chi connectivity index (χ3n) is 4.25. The number of thiocarbonyl (C=S) groups is 1. The number of amides is 1. The molecule has 0 aliphatic heterocycles. The largest absolute Gasteiger partial charge is 0.350 e. The van der Waals surface area contributed by atoms with E-state index < -0.39 is 6.04 Å². The van der Waals surface area contributed by atoms with Gasteiger partial charge in [-0.1, -0.05) is 60.7 Å². The average molecular weight is 388 g/mol. The first-order valence-corrected chi connectivity index (χ1v) is 9.31. The molecule has 28 heavy (non-hydrogen) atoms. The molecule has 3 aromatic carbocycles. The first-order valence-electron chi connectivity index (χ1n) is 8.90. The summed E-state index contributed by atoms with van der Waals surface area (Å²) in [7, 11) is 0. The van der Waals surface area contributed by atoms with Gasteiger partial charge >= 0.3 is 0 Å². The van der Waals surface area contributed by atoms with Gasteiger partial charge in [0, 0.05) is 12.1 Å². The number of nitrogens with one attached hydrogen (secondary N) is 3. The molecule has 0 saturated carbocycles. The van der Waals surface area contributed by atoms with Gasteiger partial charge in [0.15, 0.2) is 5.11 Å². The molecular weight excluding hydrogens is 368 g/mol. The first-order chi connectivity index (χ1) is 13.7.